The van der Waals surface area contributed by atoms with E-state index in [2.05, 4.69) is 15.9 Å². The summed E-state index contributed by atoms with van der Waals surface area (Å²) < 4.78 is 36.7. The first-order valence-electron chi connectivity index (χ1n) is 4.90. The molecule has 0 aromatic carbocycles. The van der Waals surface area contributed by atoms with Crippen LogP contribution < -0.4 is 0 Å². The van der Waals surface area contributed by atoms with Crippen LogP contribution in [0.5, 0.6) is 0 Å². The number of likely N-dealkylation sites (tertiary alicyclic amines) is 1. The van der Waals surface area contributed by atoms with Crippen LogP contribution in [-0.4, -0.2) is 35.5 Å². The molecule has 3 atom stereocenters. The Morgan fingerprint density at radius 2 is 1.71 bits per heavy atom. The fraction of sp³-hybridized carbons (Fsp3) is 1.00. The van der Waals surface area contributed by atoms with E-state index >= 15 is 0 Å². The summed E-state index contributed by atoms with van der Waals surface area (Å²) in [5.74, 6) is 1.37. The van der Waals surface area contributed by atoms with Gasteiger partial charge in [-0.3, -0.25) is 0 Å². The molecular weight excluding hydrogens is 259 g/mol. The molecule has 1 aliphatic heterocycles. The van der Waals surface area contributed by atoms with Crippen molar-refractivity contribution in [3.8, 4) is 0 Å². The lowest BCUT2D eigenvalue weighted by Gasteiger charge is -2.28. The standard InChI is InChI=1S/C9H13BrF3N/c10-8(9(11,12)13)5-14-3-6-1-2-7(6)4-14/h6-8H,1-5H2. The van der Waals surface area contributed by atoms with Gasteiger partial charge in [-0.1, -0.05) is 15.9 Å². The Balaban J connectivity index is 1.81. The molecule has 0 aromatic heterocycles. The second kappa shape index (κ2) is 3.67. The third kappa shape index (κ3) is 2.08. The van der Waals surface area contributed by atoms with E-state index < -0.39 is 11.0 Å². The average Bonchev–Trinajstić information content (AvgIpc) is 2.28. The molecule has 0 amide bonds. The maximum atomic E-state index is 12.2. The molecule has 0 bridgehead atoms. The van der Waals surface area contributed by atoms with Gasteiger partial charge in [0, 0.05) is 19.6 Å². The molecule has 1 saturated carbocycles. The van der Waals surface area contributed by atoms with Gasteiger partial charge in [0.15, 0.2) is 0 Å². The molecule has 3 unspecified atom stereocenters. The monoisotopic (exact) mass is 271 g/mol. The molecule has 2 aliphatic rings. The van der Waals surface area contributed by atoms with Crippen LogP contribution in [0, 0.1) is 11.8 Å². The molecule has 2 rings (SSSR count). The molecule has 0 aromatic rings. The van der Waals surface area contributed by atoms with Gasteiger partial charge in [0.2, 0.25) is 0 Å². The maximum absolute atomic E-state index is 12.2. The number of hydrogen-bond donors (Lipinski definition) is 0. The van der Waals surface area contributed by atoms with Gasteiger partial charge in [-0.15, -0.1) is 0 Å². The lowest BCUT2D eigenvalue weighted by molar-refractivity contribution is -0.130. The number of fused-ring (bicyclic) bond motifs is 1. The highest BCUT2D eigenvalue weighted by Crippen LogP contribution is 2.41. The summed E-state index contributed by atoms with van der Waals surface area (Å²) in [6, 6.07) is 0. The largest absolute Gasteiger partial charge is 0.402 e. The van der Waals surface area contributed by atoms with Crippen LogP contribution in [0.3, 0.4) is 0 Å². The second-order valence-electron chi connectivity index (χ2n) is 4.33. The summed E-state index contributed by atoms with van der Waals surface area (Å²) >= 11 is 2.70. The number of halogens is 4. The van der Waals surface area contributed by atoms with E-state index in [-0.39, 0.29) is 6.54 Å². The predicted molar refractivity (Wildman–Crippen MR) is 51.4 cm³/mol. The van der Waals surface area contributed by atoms with E-state index in [9.17, 15) is 13.2 Å². The molecule has 82 valence electrons. The number of nitrogens with zero attached hydrogens (tertiary/aromatic N) is 1. The highest BCUT2D eigenvalue weighted by Gasteiger charge is 2.43. The molecule has 2 fully saturated rings. The zero-order valence-electron chi connectivity index (χ0n) is 7.73. The van der Waals surface area contributed by atoms with Gasteiger partial charge in [0.25, 0.3) is 0 Å². The lowest BCUT2D eigenvalue weighted by atomic mass is 9.77. The van der Waals surface area contributed by atoms with Gasteiger partial charge in [-0.25, -0.2) is 0 Å². The van der Waals surface area contributed by atoms with Crippen LogP contribution in [0.4, 0.5) is 13.2 Å². The number of hydrogen-bond acceptors (Lipinski definition) is 1. The summed E-state index contributed by atoms with van der Waals surface area (Å²) in [5.41, 5.74) is 0. The molecular formula is C9H13BrF3N. The molecule has 1 aliphatic carbocycles. The first-order chi connectivity index (χ1) is 6.47. The van der Waals surface area contributed by atoms with Crippen molar-refractivity contribution in [3.05, 3.63) is 0 Å². The van der Waals surface area contributed by atoms with Crippen LogP contribution >= 0.6 is 15.9 Å². The third-order valence-electron chi connectivity index (χ3n) is 3.33. The Bertz CT molecular complexity index is 207. The SMILES string of the molecule is FC(F)(F)C(Br)CN1CC2CCC2C1. The van der Waals surface area contributed by atoms with Crippen molar-refractivity contribution in [1.82, 2.24) is 4.90 Å². The highest BCUT2D eigenvalue weighted by atomic mass is 79.9. The van der Waals surface area contributed by atoms with Gasteiger partial charge in [0.05, 0.1) is 0 Å². The van der Waals surface area contributed by atoms with Crippen molar-refractivity contribution in [3.63, 3.8) is 0 Å². The summed E-state index contributed by atoms with van der Waals surface area (Å²) in [4.78, 5) is 0.572. The minimum Gasteiger partial charge on any atom is -0.301 e. The van der Waals surface area contributed by atoms with Crippen molar-refractivity contribution in [2.75, 3.05) is 19.6 Å². The van der Waals surface area contributed by atoms with Crippen LogP contribution in [0.2, 0.25) is 0 Å². The molecule has 0 N–H and O–H groups in total. The van der Waals surface area contributed by atoms with E-state index in [1.165, 1.54) is 12.8 Å². The Morgan fingerprint density at radius 3 is 2.07 bits per heavy atom. The first-order valence-corrected chi connectivity index (χ1v) is 5.81. The minimum absolute atomic E-state index is 0.108. The van der Waals surface area contributed by atoms with Gasteiger partial charge in [0.1, 0.15) is 4.83 Å². The van der Waals surface area contributed by atoms with Crippen molar-refractivity contribution in [2.45, 2.75) is 23.8 Å². The summed E-state index contributed by atoms with van der Waals surface area (Å²) in [6.07, 6.45) is -1.69. The van der Waals surface area contributed by atoms with E-state index in [4.69, 9.17) is 0 Å². The number of alkyl halides is 4. The summed E-state index contributed by atoms with van der Waals surface area (Å²) in [7, 11) is 0. The van der Waals surface area contributed by atoms with Gasteiger partial charge < -0.3 is 4.90 Å². The van der Waals surface area contributed by atoms with Crippen molar-refractivity contribution in [1.29, 1.82) is 0 Å². The Hall–Kier alpha value is 0.230. The highest BCUT2D eigenvalue weighted by molar-refractivity contribution is 9.09. The molecule has 0 spiro atoms. The van der Waals surface area contributed by atoms with Gasteiger partial charge in [-0.05, 0) is 24.7 Å². The Labute approximate surface area is 89.8 Å². The molecule has 1 saturated heterocycles. The molecule has 1 nitrogen and oxygen atoms in total. The van der Waals surface area contributed by atoms with Crippen molar-refractivity contribution in [2.24, 2.45) is 11.8 Å². The number of rotatable bonds is 2. The first kappa shape index (κ1) is 10.7. The van der Waals surface area contributed by atoms with E-state index in [1.807, 2.05) is 4.90 Å². The van der Waals surface area contributed by atoms with Crippen LogP contribution in [0.25, 0.3) is 0 Å². The summed E-state index contributed by atoms with van der Waals surface area (Å²) in [6.45, 7) is 1.84. The topological polar surface area (TPSA) is 3.24 Å². The molecule has 14 heavy (non-hydrogen) atoms. The molecule has 1 heterocycles. The smallest absolute Gasteiger partial charge is 0.301 e. The Morgan fingerprint density at radius 1 is 1.21 bits per heavy atom. The Kier molecular flexibility index (Phi) is 2.81. The van der Waals surface area contributed by atoms with E-state index in [0.29, 0.717) is 11.8 Å². The normalized spacial score (nSPS) is 35.1. The fourth-order valence-corrected chi connectivity index (χ4v) is 2.75. The molecule has 5 heteroatoms. The van der Waals surface area contributed by atoms with Crippen LogP contribution in [0.15, 0.2) is 0 Å². The molecule has 0 radical (unpaired) electrons. The minimum atomic E-state index is -4.11. The van der Waals surface area contributed by atoms with Crippen LogP contribution in [0.1, 0.15) is 12.8 Å². The third-order valence-corrected chi connectivity index (χ3v) is 4.14. The zero-order valence-corrected chi connectivity index (χ0v) is 9.31. The predicted octanol–water partition coefficient (Wildman–Crippen LogP) is 2.65. The second-order valence-corrected chi connectivity index (χ2v) is 5.43. The van der Waals surface area contributed by atoms with Crippen molar-refractivity contribution < 1.29 is 13.2 Å². The maximum Gasteiger partial charge on any atom is 0.402 e. The van der Waals surface area contributed by atoms with Crippen molar-refractivity contribution >= 4 is 15.9 Å². The van der Waals surface area contributed by atoms with Gasteiger partial charge in [-0.2, -0.15) is 13.2 Å². The summed E-state index contributed by atoms with van der Waals surface area (Å²) in [5, 5.41) is 0. The van der Waals surface area contributed by atoms with E-state index in [1.54, 1.807) is 0 Å². The average molecular weight is 272 g/mol. The fourth-order valence-electron chi connectivity index (χ4n) is 2.34. The van der Waals surface area contributed by atoms with Gasteiger partial charge >= 0.3 is 6.18 Å². The zero-order chi connectivity index (χ0) is 10.3. The quantitative estimate of drug-likeness (QED) is 0.698. The lowest BCUT2D eigenvalue weighted by Crippen LogP contribution is -2.36. The van der Waals surface area contributed by atoms with E-state index in [0.717, 1.165) is 13.1 Å². The van der Waals surface area contributed by atoms with Crippen LogP contribution in [-0.2, 0) is 0 Å².